The molecule has 0 unspecified atom stereocenters. The number of aromatic nitrogens is 1. The standard InChI is InChI=1S/C23H18BrNS.ClH/c24-17-12-10-16(11-13-17)20-14-19(15-6-2-1-3-7-15)22-18-8-4-5-9-21(18)26-23(22)25-20;/h1-3,6-7,10-14H,4-5,8-9H2;1H. The Morgan fingerprint density at radius 2 is 1.59 bits per heavy atom. The van der Waals surface area contributed by atoms with E-state index < -0.39 is 0 Å². The molecule has 1 aliphatic rings. The molecule has 0 fully saturated rings. The van der Waals surface area contributed by atoms with E-state index in [-0.39, 0.29) is 12.4 Å². The highest BCUT2D eigenvalue weighted by atomic mass is 79.9. The molecule has 0 amide bonds. The van der Waals surface area contributed by atoms with Crippen molar-refractivity contribution in [1.29, 1.82) is 0 Å². The van der Waals surface area contributed by atoms with Gasteiger partial charge in [-0.15, -0.1) is 23.7 Å². The fourth-order valence-electron chi connectivity index (χ4n) is 3.87. The summed E-state index contributed by atoms with van der Waals surface area (Å²) in [4.78, 5) is 7.81. The highest BCUT2D eigenvalue weighted by Crippen LogP contribution is 2.42. The number of rotatable bonds is 2. The summed E-state index contributed by atoms with van der Waals surface area (Å²) in [5.41, 5.74) is 6.38. The van der Waals surface area contributed by atoms with E-state index in [0.717, 1.165) is 10.2 Å². The van der Waals surface area contributed by atoms with E-state index in [2.05, 4.69) is 76.6 Å². The molecule has 0 aliphatic heterocycles. The van der Waals surface area contributed by atoms with Crippen molar-refractivity contribution in [3.8, 4) is 22.4 Å². The predicted molar refractivity (Wildman–Crippen MR) is 122 cm³/mol. The zero-order valence-electron chi connectivity index (χ0n) is 14.7. The van der Waals surface area contributed by atoms with Crippen LogP contribution in [0, 0.1) is 0 Å². The molecule has 4 aromatic rings. The molecule has 2 aromatic heterocycles. The molecule has 4 heteroatoms. The molecule has 27 heavy (non-hydrogen) atoms. The first-order chi connectivity index (χ1) is 12.8. The van der Waals surface area contributed by atoms with Crippen molar-refractivity contribution in [1.82, 2.24) is 4.98 Å². The Morgan fingerprint density at radius 3 is 2.37 bits per heavy atom. The van der Waals surface area contributed by atoms with E-state index in [1.807, 2.05) is 11.3 Å². The van der Waals surface area contributed by atoms with Crippen LogP contribution in [0.15, 0.2) is 65.1 Å². The highest BCUT2D eigenvalue weighted by molar-refractivity contribution is 9.10. The van der Waals surface area contributed by atoms with E-state index in [9.17, 15) is 0 Å². The zero-order chi connectivity index (χ0) is 17.5. The van der Waals surface area contributed by atoms with Crippen molar-refractivity contribution in [3.05, 3.63) is 75.6 Å². The number of thiophene rings is 1. The Morgan fingerprint density at radius 1 is 0.852 bits per heavy atom. The second-order valence-electron chi connectivity index (χ2n) is 6.82. The molecule has 0 N–H and O–H groups in total. The summed E-state index contributed by atoms with van der Waals surface area (Å²) in [6.45, 7) is 0. The average Bonchev–Trinajstić information content (AvgIpc) is 3.07. The monoisotopic (exact) mass is 455 g/mol. The molecule has 0 saturated heterocycles. The van der Waals surface area contributed by atoms with Gasteiger partial charge in [0.25, 0.3) is 0 Å². The predicted octanol–water partition coefficient (Wildman–Crippen LogP) is 7.69. The van der Waals surface area contributed by atoms with Crippen LogP contribution >= 0.6 is 39.7 Å². The van der Waals surface area contributed by atoms with Crippen LogP contribution in [-0.4, -0.2) is 4.98 Å². The normalized spacial score (nSPS) is 13.2. The van der Waals surface area contributed by atoms with Crippen LogP contribution in [0.1, 0.15) is 23.3 Å². The third-order valence-electron chi connectivity index (χ3n) is 5.15. The van der Waals surface area contributed by atoms with Crippen molar-refractivity contribution >= 4 is 49.9 Å². The quantitative estimate of drug-likeness (QED) is 0.301. The number of fused-ring (bicyclic) bond motifs is 3. The molecule has 2 heterocycles. The number of hydrogen-bond acceptors (Lipinski definition) is 2. The van der Waals surface area contributed by atoms with Crippen LogP contribution in [0.25, 0.3) is 32.6 Å². The van der Waals surface area contributed by atoms with Gasteiger partial charge < -0.3 is 0 Å². The van der Waals surface area contributed by atoms with Crippen LogP contribution < -0.4 is 0 Å². The minimum absolute atomic E-state index is 0. The Balaban J connectivity index is 0.00000180. The molecule has 0 radical (unpaired) electrons. The fourth-order valence-corrected chi connectivity index (χ4v) is 5.42. The molecule has 0 spiro atoms. The van der Waals surface area contributed by atoms with Crippen LogP contribution in [0.3, 0.4) is 0 Å². The maximum atomic E-state index is 5.07. The smallest absolute Gasteiger partial charge is 0.125 e. The number of pyridine rings is 1. The molecule has 1 nitrogen and oxygen atoms in total. The summed E-state index contributed by atoms with van der Waals surface area (Å²) in [6.07, 6.45) is 4.99. The number of aryl methyl sites for hydroxylation is 2. The van der Waals surface area contributed by atoms with Gasteiger partial charge in [-0.3, -0.25) is 0 Å². The van der Waals surface area contributed by atoms with Gasteiger partial charge >= 0.3 is 0 Å². The first-order valence-corrected chi connectivity index (χ1v) is 10.7. The van der Waals surface area contributed by atoms with E-state index in [0.29, 0.717) is 0 Å². The van der Waals surface area contributed by atoms with E-state index in [1.165, 1.54) is 52.6 Å². The van der Waals surface area contributed by atoms with E-state index >= 15 is 0 Å². The summed E-state index contributed by atoms with van der Waals surface area (Å²) in [5, 5.41) is 1.39. The molecule has 136 valence electrons. The molecular weight excluding hydrogens is 438 g/mol. The van der Waals surface area contributed by atoms with Gasteiger partial charge in [-0.1, -0.05) is 58.4 Å². The Labute approximate surface area is 178 Å². The average molecular weight is 457 g/mol. The Kier molecular flexibility index (Phi) is 5.36. The van der Waals surface area contributed by atoms with Crippen LogP contribution in [0.4, 0.5) is 0 Å². The lowest BCUT2D eigenvalue weighted by Gasteiger charge is -2.13. The van der Waals surface area contributed by atoms with Gasteiger partial charge in [0, 0.05) is 20.3 Å². The number of hydrogen-bond donors (Lipinski definition) is 0. The number of nitrogens with zero attached hydrogens (tertiary/aromatic N) is 1. The van der Waals surface area contributed by atoms with Gasteiger partial charge in [-0.05, 0) is 60.6 Å². The van der Waals surface area contributed by atoms with Crippen LogP contribution in [0.5, 0.6) is 0 Å². The van der Waals surface area contributed by atoms with Crippen molar-refractivity contribution in [3.63, 3.8) is 0 Å². The van der Waals surface area contributed by atoms with Crippen molar-refractivity contribution < 1.29 is 0 Å². The second-order valence-corrected chi connectivity index (χ2v) is 8.82. The molecule has 0 atom stereocenters. The molecule has 5 rings (SSSR count). The molecular formula is C23H19BrClNS. The third-order valence-corrected chi connectivity index (χ3v) is 6.86. The van der Waals surface area contributed by atoms with Gasteiger partial charge in [0.05, 0.1) is 5.69 Å². The van der Waals surface area contributed by atoms with Gasteiger partial charge in [0.1, 0.15) is 4.83 Å². The van der Waals surface area contributed by atoms with Crippen molar-refractivity contribution in [2.75, 3.05) is 0 Å². The summed E-state index contributed by atoms with van der Waals surface area (Å²) >= 11 is 5.43. The molecule has 0 bridgehead atoms. The molecule has 0 saturated carbocycles. The number of benzene rings is 2. The van der Waals surface area contributed by atoms with Gasteiger partial charge in [-0.2, -0.15) is 0 Å². The lowest BCUT2D eigenvalue weighted by Crippen LogP contribution is -1.98. The minimum Gasteiger partial charge on any atom is -0.237 e. The topological polar surface area (TPSA) is 12.9 Å². The second kappa shape index (κ2) is 7.75. The maximum Gasteiger partial charge on any atom is 0.125 e. The van der Waals surface area contributed by atoms with Gasteiger partial charge in [0.2, 0.25) is 0 Å². The summed E-state index contributed by atoms with van der Waals surface area (Å²) < 4.78 is 1.09. The van der Waals surface area contributed by atoms with Crippen LogP contribution in [-0.2, 0) is 12.8 Å². The van der Waals surface area contributed by atoms with Crippen LogP contribution in [0.2, 0.25) is 0 Å². The van der Waals surface area contributed by atoms with E-state index in [1.54, 1.807) is 10.4 Å². The molecule has 2 aromatic carbocycles. The largest absolute Gasteiger partial charge is 0.237 e. The Hall–Kier alpha value is -1.68. The lowest BCUT2D eigenvalue weighted by molar-refractivity contribution is 0.700. The minimum atomic E-state index is 0. The highest BCUT2D eigenvalue weighted by Gasteiger charge is 2.21. The first kappa shape index (κ1) is 18.7. The lowest BCUT2D eigenvalue weighted by atomic mass is 9.92. The summed E-state index contributed by atoms with van der Waals surface area (Å²) in [6, 6.07) is 21.5. The third kappa shape index (κ3) is 3.44. The van der Waals surface area contributed by atoms with Gasteiger partial charge in [-0.25, -0.2) is 4.98 Å². The Bertz CT molecular complexity index is 1090. The van der Waals surface area contributed by atoms with Crippen molar-refractivity contribution in [2.45, 2.75) is 25.7 Å². The van der Waals surface area contributed by atoms with Crippen molar-refractivity contribution in [2.24, 2.45) is 0 Å². The molecule has 1 aliphatic carbocycles. The first-order valence-electron chi connectivity index (χ1n) is 9.06. The summed E-state index contributed by atoms with van der Waals surface area (Å²) in [7, 11) is 0. The van der Waals surface area contributed by atoms with E-state index in [4.69, 9.17) is 4.98 Å². The number of halogens is 2. The maximum absolute atomic E-state index is 5.07. The van der Waals surface area contributed by atoms with Gasteiger partial charge in [0.15, 0.2) is 0 Å². The SMILES string of the molecule is Brc1ccc(-c2cc(-c3ccccc3)c3c4c(sc3n2)CCCC4)cc1.Cl. The summed E-state index contributed by atoms with van der Waals surface area (Å²) in [5.74, 6) is 0. The fraction of sp³-hybridized carbons (Fsp3) is 0.174. The zero-order valence-corrected chi connectivity index (χ0v) is 18.0.